The van der Waals surface area contributed by atoms with Crippen molar-refractivity contribution in [3.05, 3.63) is 35.9 Å². The highest BCUT2D eigenvalue weighted by atomic mass is 16.3. The van der Waals surface area contributed by atoms with E-state index in [0.29, 0.717) is 12.5 Å². The van der Waals surface area contributed by atoms with Crippen molar-refractivity contribution in [1.29, 1.82) is 0 Å². The van der Waals surface area contributed by atoms with E-state index in [1.165, 1.54) is 6.42 Å². The Balaban J connectivity index is 1.92. The van der Waals surface area contributed by atoms with Gasteiger partial charge in [0.2, 0.25) is 0 Å². The predicted octanol–water partition coefficient (Wildman–Crippen LogP) is 2.25. The summed E-state index contributed by atoms with van der Waals surface area (Å²) < 4.78 is 0. The largest absolute Gasteiger partial charge is 0.394 e. The van der Waals surface area contributed by atoms with Crippen LogP contribution in [0.15, 0.2) is 30.3 Å². The summed E-state index contributed by atoms with van der Waals surface area (Å²) in [5, 5.41) is 23.3. The molecular formula is C16H25NO2. The van der Waals surface area contributed by atoms with E-state index in [1.807, 2.05) is 30.3 Å². The Morgan fingerprint density at radius 3 is 2.74 bits per heavy atom. The lowest BCUT2D eigenvalue weighted by Gasteiger charge is -2.40. The molecular weight excluding hydrogens is 238 g/mol. The summed E-state index contributed by atoms with van der Waals surface area (Å²) in [5.41, 5.74) is 0.722. The second kappa shape index (κ2) is 6.51. The zero-order chi connectivity index (χ0) is 13.7. The monoisotopic (exact) mass is 263 g/mol. The van der Waals surface area contributed by atoms with Crippen LogP contribution in [0.3, 0.4) is 0 Å². The summed E-state index contributed by atoms with van der Waals surface area (Å²) in [4.78, 5) is 0. The molecule has 3 unspecified atom stereocenters. The molecule has 19 heavy (non-hydrogen) atoms. The van der Waals surface area contributed by atoms with Gasteiger partial charge in [-0.25, -0.2) is 0 Å². The number of benzene rings is 1. The van der Waals surface area contributed by atoms with Gasteiger partial charge in [-0.1, -0.05) is 50.1 Å². The first kappa shape index (κ1) is 14.5. The van der Waals surface area contributed by atoms with E-state index in [-0.39, 0.29) is 12.1 Å². The highest BCUT2D eigenvalue weighted by Crippen LogP contribution is 2.32. The fraction of sp³-hybridized carbons (Fsp3) is 0.625. The zero-order valence-corrected chi connectivity index (χ0v) is 11.7. The van der Waals surface area contributed by atoms with Gasteiger partial charge < -0.3 is 15.5 Å². The Kier molecular flexibility index (Phi) is 4.97. The Labute approximate surface area is 115 Å². The van der Waals surface area contributed by atoms with E-state index in [4.69, 9.17) is 0 Å². The second-order valence-electron chi connectivity index (χ2n) is 5.95. The van der Waals surface area contributed by atoms with Gasteiger partial charge in [0.05, 0.1) is 12.7 Å². The molecule has 0 amide bonds. The van der Waals surface area contributed by atoms with Crippen LogP contribution in [-0.4, -0.2) is 28.9 Å². The highest BCUT2D eigenvalue weighted by Gasteiger charge is 2.34. The van der Waals surface area contributed by atoms with Crippen molar-refractivity contribution in [2.45, 2.75) is 44.2 Å². The van der Waals surface area contributed by atoms with E-state index < -0.39 is 6.10 Å². The number of β-amino-alcohol motifs (C(OH)–C–C–N with tert-alkyl or cyclic N) is 1. The third kappa shape index (κ3) is 3.78. The minimum Gasteiger partial charge on any atom is -0.394 e. The average molecular weight is 263 g/mol. The molecule has 1 aliphatic carbocycles. The van der Waals surface area contributed by atoms with E-state index in [9.17, 15) is 10.2 Å². The smallest absolute Gasteiger partial charge is 0.0914 e. The minimum absolute atomic E-state index is 0.152. The SMILES string of the molecule is CC1CCCC(CO)(NCC(O)c2ccccc2)C1. The number of rotatable bonds is 5. The summed E-state index contributed by atoms with van der Waals surface area (Å²) in [6, 6.07) is 9.68. The van der Waals surface area contributed by atoms with Crippen molar-refractivity contribution < 1.29 is 10.2 Å². The molecule has 3 atom stereocenters. The fourth-order valence-corrected chi connectivity index (χ4v) is 3.13. The van der Waals surface area contributed by atoms with Crippen LogP contribution < -0.4 is 5.32 Å². The van der Waals surface area contributed by atoms with Crippen LogP contribution in [0, 0.1) is 5.92 Å². The van der Waals surface area contributed by atoms with Gasteiger partial charge in [0.25, 0.3) is 0 Å². The third-order valence-corrected chi connectivity index (χ3v) is 4.25. The van der Waals surface area contributed by atoms with Crippen molar-refractivity contribution in [1.82, 2.24) is 5.32 Å². The first-order valence-corrected chi connectivity index (χ1v) is 7.24. The second-order valence-corrected chi connectivity index (χ2v) is 5.95. The summed E-state index contributed by atoms with van der Waals surface area (Å²) in [6.45, 7) is 2.88. The summed E-state index contributed by atoms with van der Waals surface area (Å²) in [7, 11) is 0. The van der Waals surface area contributed by atoms with Crippen molar-refractivity contribution in [2.24, 2.45) is 5.92 Å². The Bertz CT molecular complexity index is 382. The van der Waals surface area contributed by atoms with Crippen LogP contribution in [0.25, 0.3) is 0 Å². The molecule has 0 bridgehead atoms. The summed E-state index contributed by atoms with van der Waals surface area (Å²) >= 11 is 0. The summed E-state index contributed by atoms with van der Waals surface area (Å²) in [5.74, 6) is 0.641. The Morgan fingerprint density at radius 2 is 2.11 bits per heavy atom. The number of hydrogen-bond donors (Lipinski definition) is 3. The average Bonchev–Trinajstić information content (AvgIpc) is 2.46. The maximum atomic E-state index is 10.2. The van der Waals surface area contributed by atoms with Gasteiger partial charge in [0.15, 0.2) is 0 Å². The number of hydrogen-bond acceptors (Lipinski definition) is 3. The molecule has 1 saturated carbocycles. The molecule has 1 aromatic rings. The first-order valence-electron chi connectivity index (χ1n) is 7.24. The molecule has 0 heterocycles. The highest BCUT2D eigenvalue weighted by molar-refractivity contribution is 5.17. The van der Waals surface area contributed by atoms with Gasteiger partial charge in [-0.3, -0.25) is 0 Å². The molecule has 2 rings (SSSR count). The quantitative estimate of drug-likeness (QED) is 0.763. The van der Waals surface area contributed by atoms with Crippen LogP contribution in [0.1, 0.15) is 44.3 Å². The molecule has 3 N–H and O–H groups in total. The molecule has 3 heteroatoms. The number of nitrogens with one attached hydrogen (secondary N) is 1. The van der Waals surface area contributed by atoms with Gasteiger partial charge in [0.1, 0.15) is 0 Å². The van der Waals surface area contributed by atoms with Crippen molar-refractivity contribution in [3.63, 3.8) is 0 Å². The van der Waals surface area contributed by atoms with Crippen LogP contribution in [0.2, 0.25) is 0 Å². The van der Waals surface area contributed by atoms with Gasteiger partial charge in [-0.2, -0.15) is 0 Å². The molecule has 3 nitrogen and oxygen atoms in total. The molecule has 1 aliphatic rings. The minimum atomic E-state index is -0.512. The van der Waals surface area contributed by atoms with E-state index in [2.05, 4.69) is 12.2 Å². The van der Waals surface area contributed by atoms with Crippen LogP contribution in [-0.2, 0) is 0 Å². The van der Waals surface area contributed by atoms with Crippen molar-refractivity contribution >= 4 is 0 Å². The van der Waals surface area contributed by atoms with E-state index in [1.54, 1.807) is 0 Å². The zero-order valence-electron chi connectivity index (χ0n) is 11.7. The van der Waals surface area contributed by atoms with Gasteiger partial charge >= 0.3 is 0 Å². The standard InChI is InChI=1S/C16H25NO2/c1-13-6-5-9-16(10-13,12-18)17-11-15(19)14-7-3-2-4-8-14/h2-4,7-8,13,15,17-19H,5-6,9-12H2,1H3. The maximum Gasteiger partial charge on any atom is 0.0914 e. The van der Waals surface area contributed by atoms with Gasteiger partial charge in [-0.15, -0.1) is 0 Å². The maximum absolute atomic E-state index is 10.2. The van der Waals surface area contributed by atoms with Crippen molar-refractivity contribution in [2.75, 3.05) is 13.2 Å². The normalized spacial score (nSPS) is 29.1. The topological polar surface area (TPSA) is 52.5 Å². The lowest BCUT2D eigenvalue weighted by Crippen LogP contribution is -2.52. The van der Waals surface area contributed by atoms with Crippen LogP contribution in [0.4, 0.5) is 0 Å². The lowest BCUT2D eigenvalue weighted by molar-refractivity contribution is 0.0789. The van der Waals surface area contributed by atoms with Crippen LogP contribution in [0.5, 0.6) is 0 Å². The van der Waals surface area contributed by atoms with Crippen LogP contribution >= 0.6 is 0 Å². The molecule has 106 valence electrons. The lowest BCUT2D eigenvalue weighted by atomic mass is 9.76. The summed E-state index contributed by atoms with van der Waals surface area (Å²) in [6.07, 6.45) is 3.86. The van der Waals surface area contributed by atoms with E-state index in [0.717, 1.165) is 24.8 Å². The Hall–Kier alpha value is -0.900. The van der Waals surface area contributed by atoms with E-state index >= 15 is 0 Å². The number of aliphatic hydroxyl groups is 2. The van der Waals surface area contributed by atoms with Gasteiger partial charge in [0, 0.05) is 12.1 Å². The van der Waals surface area contributed by atoms with Gasteiger partial charge in [-0.05, 0) is 24.3 Å². The molecule has 0 saturated heterocycles. The molecule has 0 spiro atoms. The molecule has 0 radical (unpaired) electrons. The van der Waals surface area contributed by atoms with Crippen molar-refractivity contribution in [3.8, 4) is 0 Å². The molecule has 1 fully saturated rings. The fourth-order valence-electron chi connectivity index (χ4n) is 3.13. The predicted molar refractivity (Wildman–Crippen MR) is 76.9 cm³/mol. The molecule has 1 aromatic carbocycles. The number of aliphatic hydroxyl groups excluding tert-OH is 2. The first-order chi connectivity index (χ1) is 9.15. The Morgan fingerprint density at radius 1 is 1.37 bits per heavy atom. The third-order valence-electron chi connectivity index (χ3n) is 4.25. The molecule has 0 aromatic heterocycles. The molecule has 0 aliphatic heterocycles.